The van der Waals surface area contributed by atoms with E-state index < -0.39 is 0 Å². The molecule has 0 aliphatic rings. The van der Waals surface area contributed by atoms with Crippen molar-refractivity contribution in [1.82, 2.24) is 9.47 Å². The van der Waals surface area contributed by atoms with E-state index in [9.17, 15) is 0 Å². The maximum atomic E-state index is 5.63. The van der Waals surface area contributed by atoms with Crippen molar-refractivity contribution >= 4 is 28.1 Å². The van der Waals surface area contributed by atoms with Crippen LogP contribution in [-0.2, 0) is 6.54 Å². The molecule has 0 aliphatic heterocycles. The average Bonchev–Trinajstić information content (AvgIpc) is 2.68. The number of benzene rings is 1. The van der Waals surface area contributed by atoms with Gasteiger partial charge in [-0.3, -0.25) is 0 Å². The highest BCUT2D eigenvalue weighted by atomic mass is 32.1. The zero-order chi connectivity index (χ0) is 12.4. The fourth-order valence-electron chi connectivity index (χ4n) is 1.86. The summed E-state index contributed by atoms with van der Waals surface area (Å²) >= 11 is 4.98. The summed E-state index contributed by atoms with van der Waals surface area (Å²) in [5, 5.41) is 1.19. The zero-order valence-corrected chi connectivity index (χ0v) is 11.0. The number of nitrogens with two attached hydrogens (primary N) is 1. The molecule has 17 heavy (non-hydrogen) atoms. The molecule has 0 bridgehead atoms. The van der Waals surface area contributed by atoms with Gasteiger partial charge in [0.15, 0.2) is 0 Å². The van der Waals surface area contributed by atoms with E-state index in [1.165, 1.54) is 10.9 Å². The minimum atomic E-state index is 0.452. The lowest BCUT2D eigenvalue weighted by Gasteiger charge is -2.11. The topological polar surface area (TPSA) is 34.2 Å². The smallest absolute Gasteiger partial charge is 0.104 e. The van der Waals surface area contributed by atoms with Crippen molar-refractivity contribution in [2.75, 3.05) is 20.6 Å². The molecule has 1 aromatic carbocycles. The first-order chi connectivity index (χ1) is 8.08. The fourth-order valence-corrected chi connectivity index (χ4v) is 1.98. The molecule has 1 heterocycles. The molecule has 0 atom stereocenters. The molecule has 0 unspecified atom stereocenters. The lowest BCUT2D eigenvalue weighted by atomic mass is 10.1. The van der Waals surface area contributed by atoms with Crippen molar-refractivity contribution in [3.8, 4) is 0 Å². The zero-order valence-electron chi connectivity index (χ0n) is 10.2. The van der Waals surface area contributed by atoms with Crippen molar-refractivity contribution < 1.29 is 0 Å². The Bertz CT molecular complexity index is 543. The van der Waals surface area contributed by atoms with Crippen LogP contribution in [0.3, 0.4) is 0 Å². The molecular formula is C13H17N3S. The number of fused-ring (bicyclic) bond motifs is 1. The molecule has 90 valence electrons. The van der Waals surface area contributed by atoms with Gasteiger partial charge in [-0.05, 0) is 38.4 Å². The lowest BCUT2D eigenvalue weighted by molar-refractivity contribution is 0.387. The van der Waals surface area contributed by atoms with Gasteiger partial charge in [0, 0.05) is 35.8 Å². The summed E-state index contributed by atoms with van der Waals surface area (Å²) in [6.45, 7) is 2.02. The molecule has 3 nitrogen and oxygen atoms in total. The second kappa shape index (κ2) is 4.85. The Hall–Kier alpha value is -1.39. The highest BCUT2D eigenvalue weighted by Gasteiger charge is 2.03. The summed E-state index contributed by atoms with van der Waals surface area (Å²) in [7, 11) is 4.16. The van der Waals surface area contributed by atoms with Gasteiger partial charge in [0.25, 0.3) is 0 Å². The van der Waals surface area contributed by atoms with Crippen LogP contribution in [0.25, 0.3) is 10.9 Å². The van der Waals surface area contributed by atoms with Gasteiger partial charge in [0.2, 0.25) is 0 Å². The summed E-state index contributed by atoms with van der Waals surface area (Å²) in [4.78, 5) is 2.63. The van der Waals surface area contributed by atoms with E-state index in [0.717, 1.165) is 18.7 Å². The van der Waals surface area contributed by atoms with Gasteiger partial charge < -0.3 is 15.2 Å². The minimum Gasteiger partial charge on any atom is -0.389 e. The van der Waals surface area contributed by atoms with Crippen LogP contribution in [0.4, 0.5) is 0 Å². The lowest BCUT2D eigenvalue weighted by Crippen LogP contribution is -2.17. The first kappa shape index (κ1) is 12.1. The van der Waals surface area contributed by atoms with Crippen molar-refractivity contribution in [3.63, 3.8) is 0 Å². The second-order valence-electron chi connectivity index (χ2n) is 4.45. The fraction of sp³-hybridized carbons (Fsp3) is 0.308. The van der Waals surface area contributed by atoms with Crippen molar-refractivity contribution in [1.29, 1.82) is 0 Å². The van der Waals surface area contributed by atoms with Crippen molar-refractivity contribution in [2.24, 2.45) is 5.73 Å². The standard InChI is InChI=1S/C13H17N3S/c1-15(2)7-8-16-6-5-10-9-11(13(14)17)3-4-12(10)16/h3-6,9H,7-8H2,1-2H3,(H2,14,17). The number of aromatic nitrogens is 1. The van der Waals surface area contributed by atoms with E-state index in [0.29, 0.717) is 4.99 Å². The number of hydrogen-bond donors (Lipinski definition) is 1. The van der Waals surface area contributed by atoms with Crippen LogP contribution in [0.1, 0.15) is 5.56 Å². The second-order valence-corrected chi connectivity index (χ2v) is 4.89. The molecule has 0 saturated carbocycles. The van der Waals surface area contributed by atoms with Crippen LogP contribution in [0.5, 0.6) is 0 Å². The molecule has 0 saturated heterocycles. The first-order valence-corrected chi connectivity index (χ1v) is 6.02. The van der Waals surface area contributed by atoms with Gasteiger partial charge in [-0.15, -0.1) is 0 Å². The maximum Gasteiger partial charge on any atom is 0.104 e. The number of rotatable bonds is 4. The van der Waals surface area contributed by atoms with E-state index >= 15 is 0 Å². The summed E-state index contributed by atoms with van der Waals surface area (Å²) in [5.41, 5.74) is 7.79. The maximum absolute atomic E-state index is 5.63. The summed E-state index contributed by atoms with van der Waals surface area (Å²) in [5.74, 6) is 0. The van der Waals surface area contributed by atoms with Gasteiger partial charge >= 0.3 is 0 Å². The van der Waals surface area contributed by atoms with Gasteiger partial charge in [-0.1, -0.05) is 12.2 Å². The predicted octanol–water partition coefficient (Wildman–Crippen LogP) is 1.84. The molecule has 0 amide bonds. The van der Waals surface area contributed by atoms with E-state index in [4.69, 9.17) is 18.0 Å². The molecule has 2 rings (SSSR count). The monoisotopic (exact) mass is 247 g/mol. The average molecular weight is 247 g/mol. The van der Waals surface area contributed by atoms with Crippen LogP contribution in [0, 0.1) is 0 Å². The molecule has 1 aromatic heterocycles. The SMILES string of the molecule is CN(C)CCn1ccc2cc(C(N)=S)ccc21. The minimum absolute atomic E-state index is 0.452. The molecule has 4 heteroatoms. The molecule has 0 aliphatic carbocycles. The van der Waals surface area contributed by atoms with Crippen molar-refractivity contribution in [3.05, 3.63) is 36.0 Å². The molecule has 0 spiro atoms. The van der Waals surface area contributed by atoms with Gasteiger partial charge in [0.05, 0.1) is 0 Å². The van der Waals surface area contributed by atoms with Gasteiger partial charge in [0.1, 0.15) is 4.99 Å². The number of hydrogen-bond acceptors (Lipinski definition) is 2. The summed E-state index contributed by atoms with van der Waals surface area (Å²) in [6, 6.07) is 8.22. The Morgan fingerprint density at radius 3 is 2.76 bits per heavy atom. The Morgan fingerprint density at radius 1 is 1.35 bits per heavy atom. The van der Waals surface area contributed by atoms with Crippen LogP contribution in [0.2, 0.25) is 0 Å². The summed E-state index contributed by atoms with van der Waals surface area (Å²) in [6.07, 6.45) is 2.11. The van der Waals surface area contributed by atoms with E-state index in [1.54, 1.807) is 0 Å². The molecular weight excluding hydrogens is 230 g/mol. The molecule has 2 aromatic rings. The molecule has 0 fully saturated rings. The number of nitrogens with zero attached hydrogens (tertiary/aromatic N) is 2. The van der Waals surface area contributed by atoms with Gasteiger partial charge in [-0.2, -0.15) is 0 Å². The van der Waals surface area contributed by atoms with Crippen LogP contribution in [-0.4, -0.2) is 35.1 Å². The Kier molecular flexibility index (Phi) is 3.45. The number of thiocarbonyl (C=S) groups is 1. The Balaban J connectivity index is 2.31. The highest BCUT2D eigenvalue weighted by molar-refractivity contribution is 7.80. The van der Waals surface area contributed by atoms with E-state index in [2.05, 4.69) is 41.9 Å². The van der Waals surface area contributed by atoms with Crippen LogP contribution in [0.15, 0.2) is 30.5 Å². The third-order valence-electron chi connectivity index (χ3n) is 2.84. The predicted molar refractivity (Wildman–Crippen MR) is 76.4 cm³/mol. The highest BCUT2D eigenvalue weighted by Crippen LogP contribution is 2.17. The largest absolute Gasteiger partial charge is 0.389 e. The Morgan fingerprint density at radius 2 is 2.12 bits per heavy atom. The summed E-state index contributed by atoms with van der Waals surface area (Å²) < 4.78 is 2.25. The van der Waals surface area contributed by atoms with Crippen molar-refractivity contribution in [2.45, 2.75) is 6.54 Å². The van der Waals surface area contributed by atoms with Gasteiger partial charge in [-0.25, -0.2) is 0 Å². The normalized spacial score (nSPS) is 11.2. The van der Waals surface area contributed by atoms with E-state index in [1.807, 2.05) is 12.1 Å². The van der Waals surface area contributed by atoms with E-state index in [-0.39, 0.29) is 0 Å². The van der Waals surface area contributed by atoms with Crippen LogP contribution >= 0.6 is 12.2 Å². The number of likely N-dealkylation sites (N-methyl/N-ethyl adjacent to an activating group) is 1. The third kappa shape index (κ3) is 2.65. The Labute approximate surface area is 107 Å². The first-order valence-electron chi connectivity index (χ1n) is 5.61. The van der Waals surface area contributed by atoms with Crippen LogP contribution < -0.4 is 5.73 Å². The quantitative estimate of drug-likeness (QED) is 0.837. The molecule has 0 radical (unpaired) electrons. The molecule has 2 N–H and O–H groups in total. The third-order valence-corrected chi connectivity index (χ3v) is 3.08.